The molecule has 1 aromatic heterocycles. The second kappa shape index (κ2) is 10.2. The number of anilines is 1. The largest absolute Gasteiger partial charge is 0.387 e. The van der Waals surface area contributed by atoms with E-state index in [4.69, 9.17) is 9.72 Å². The molecule has 1 saturated carbocycles. The number of pyridine rings is 1. The van der Waals surface area contributed by atoms with Gasteiger partial charge in [-0.3, -0.25) is 0 Å². The first kappa shape index (κ1) is 21.7. The van der Waals surface area contributed by atoms with E-state index >= 15 is 0 Å². The van der Waals surface area contributed by atoms with Gasteiger partial charge in [0.25, 0.3) is 5.71 Å². The van der Waals surface area contributed by atoms with Crippen LogP contribution in [0.3, 0.4) is 0 Å². The first-order valence-corrected chi connectivity index (χ1v) is 11.6. The second-order valence-electron chi connectivity index (χ2n) is 8.55. The minimum atomic E-state index is 0.0560. The summed E-state index contributed by atoms with van der Waals surface area (Å²) >= 11 is 0. The molecule has 0 saturated heterocycles. The Balaban J connectivity index is 1.55. The molecular weight excluding hydrogens is 386 g/mol. The average molecular weight is 421 g/mol. The van der Waals surface area contributed by atoms with Crippen molar-refractivity contribution in [2.75, 3.05) is 19.0 Å². The minimum absolute atomic E-state index is 0.0560. The Labute approximate surface area is 185 Å². The van der Waals surface area contributed by atoms with Crippen molar-refractivity contribution in [1.82, 2.24) is 15.0 Å². The summed E-state index contributed by atoms with van der Waals surface area (Å²) in [6, 6.07) is 11.2. The van der Waals surface area contributed by atoms with E-state index in [9.17, 15) is 0 Å². The molecule has 1 aliphatic heterocycles. The number of nitrogens with zero attached hydrogens (tertiary/aromatic N) is 3. The molecule has 0 bridgehead atoms. The van der Waals surface area contributed by atoms with Gasteiger partial charge in [-0.05, 0) is 36.4 Å². The van der Waals surface area contributed by atoms with E-state index < -0.39 is 0 Å². The summed E-state index contributed by atoms with van der Waals surface area (Å²) in [6.07, 6.45) is 9.47. The molecule has 2 aliphatic rings. The number of ether oxygens (including phenoxy) is 1. The van der Waals surface area contributed by atoms with Crippen molar-refractivity contribution in [3.63, 3.8) is 0 Å². The maximum absolute atomic E-state index is 5.92. The van der Waals surface area contributed by atoms with Crippen LogP contribution in [-0.4, -0.2) is 54.6 Å². The van der Waals surface area contributed by atoms with Crippen molar-refractivity contribution >= 4 is 34.5 Å². The zero-order valence-corrected chi connectivity index (χ0v) is 18.9. The van der Waals surface area contributed by atoms with Gasteiger partial charge in [0, 0.05) is 31.1 Å². The molecule has 2 N–H and O–H groups in total. The summed E-state index contributed by atoms with van der Waals surface area (Å²) in [5, 5.41) is 8.53. The van der Waals surface area contributed by atoms with Crippen LogP contribution in [0.15, 0.2) is 35.3 Å². The summed E-state index contributed by atoms with van der Waals surface area (Å²) in [6.45, 7) is 4.82. The van der Waals surface area contributed by atoms with Gasteiger partial charge in [0.05, 0.1) is 24.1 Å². The Morgan fingerprint density at radius 3 is 2.71 bits per heavy atom. The van der Waals surface area contributed by atoms with Crippen LogP contribution in [0.4, 0.5) is 5.82 Å². The summed E-state index contributed by atoms with van der Waals surface area (Å²) in [5.41, 5.74) is 2.79. The minimum Gasteiger partial charge on any atom is -0.378 e. The quantitative estimate of drug-likeness (QED) is 0.607. The predicted octanol–water partition coefficient (Wildman–Crippen LogP) is 3.72. The van der Waals surface area contributed by atoms with Gasteiger partial charge in [-0.25, -0.2) is 4.98 Å². The van der Waals surface area contributed by atoms with Crippen molar-refractivity contribution < 1.29 is 4.74 Å². The molecule has 2 unspecified atom stereocenters. The van der Waals surface area contributed by atoms with Gasteiger partial charge in [-0.2, -0.15) is 4.67 Å². The maximum atomic E-state index is 5.92. The number of hydrogen-bond acceptors (Lipinski definition) is 5. The summed E-state index contributed by atoms with van der Waals surface area (Å²) in [5.74, 6) is 1.60. The lowest BCUT2D eigenvalue weighted by atomic mass is 9.94. The number of aromatic nitrogens is 1. The van der Waals surface area contributed by atoms with Crippen LogP contribution in [0.5, 0.6) is 0 Å². The van der Waals surface area contributed by atoms with Gasteiger partial charge in [0.2, 0.25) is 6.21 Å². The normalized spacial score (nSPS) is 18.7. The Morgan fingerprint density at radius 1 is 1.19 bits per heavy atom. The molecule has 6 nitrogen and oxygen atoms in total. The number of fused-ring (bicyclic) bond motifs is 1. The van der Waals surface area contributed by atoms with Crippen molar-refractivity contribution in [2.24, 2.45) is 4.99 Å². The highest BCUT2D eigenvalue weighted by Gasteiger charge is 2.26. The molecule has 0 radical (unpaired) electrons. The SMILES string of the molecule is CCC(NC1CCCCC1)C(CNc1nc2ccccc2cc1C1=[N+]=C(C)N=C1)OC. The molecule has 0 amide bonds. The first-order chi connectivity index (χ1) is 15.2. The standard InChI is InChI=1S/C25H33N5O/c1-4-21(29-19-11-6-5-7-12-19)24(31-3)16-27-25-20(23-15-26-17(2)28-23)14-18-10-8-9-13-22(18)30-25/h8-10,13-15,19,21,24,29H,4-7,11-12,16H2,1-3H3/p+1. The third-order valence-electron chi connectivity index (χ3n) is 6.37. The smallest absolute Gasteiger partial charge is 0.378 e. The number of rotatable bonds is 9. The van der Waals surface area contributed by atoms with Crippen molar-refractivity contribution in [2.45, 2.75) is 70.6 Å². The van der Waals surface area contributed by atoms with Crippen LogP contribution in [0, 0.1) is 0 Å². The van der Waals surface area contributed by atoms with Crippen LogP contribution in [-0.2, 0) is 4.74 Å². The molecule has 164 valence electrons. The molecule has 0 spiro atoms. The van der Waals surface area contributed by atoms with E-state index in [0.717, 1.165) is 40.3 Å². The van der Waals surface area contributed by atoms with E-state index in [1.165, 1.54) is 32.1 Å². The van der Waals surface area contributed by atoms with E-state index in [0.29, 0.717) is 18.6 Å². The molecule has 6 heteroatoms. The highest BCUT2D eigenvalue weighted by Crippen LogP contribution is 2.22. The summed E-state index contributed by atoms with van der Waals surface area (Å²) in [7, 11) is 1.80. The predicted molar refractivity (Wildman–Crippen MR) is 131 cm³/mol. The fourth-order valence-electron chi connectivity index (χ4n) is 4.61. The van der Waals surface area contributed by atoms with Gasteiger partial charge in [-0.15, -0.1) is 0 Å². The Hall–Kier alpha value is -2.53. The van der Waals surface area contributed by atoms with Crippen molar-refractivity contribution in [3.05, 3.63) is 35.9 Å². The number of aliphatic imine (C=N–C) groups is 1. The highest BCUT2D eigenvalue weighted by atomic mass is 16.5. The zero-order chi connectivity index (χ0) is 21.6. The van der Waals surface area contributed by atoms with Gasteiger partial charge < -0.3 is 15.4 Å². The topological polar surface area (TPSA) is 72.6 Å². The Bertz CT molecular complexity index is 1000. The van der Waals surface area contributed by atoms with Gasteiger partial charge >= 0.3 is 5.84 Å². The monoisotopic (exact) mass is 420 g/mol. The lowest BCUT2D eigenvalue weighted by molar-refractivity contribution is 0.0699. The molecule has 1 aromatic carbocycles. The van der Waals surface area contributed by atoms with E-state index in [1.54, 1.807) is 7.11 Å². The molecule has 2 atom stereocenters. The first-order valence-electron chi connectivity index (χ1n) is 11.6. The van der Waals surface area contributed by atoms with Crippen molar-refractivity contribution in [1.29, 1.82) is 0 Å². The summed E-state index contributed by atoms with van der Waals surface area (Å²) in [4.78, 5) is 9.24. The number of amidine groups is 1. The number of benzene rings is 1. The molecule has 31 heavy (non-hydrogen) atoms. The maximum Gasteiger partial charge on any atom is 0.387 e. The lowest BCUT2D eigenvalue weighted by Crippen LogP contribution is -2.49. The molecule has 4 rings (SSSR count). The van der Waals surface area contributed by atoms with Crippen LogP contribution < -0.4 is 15.3 Å². The third-order valence-corrected chi connectivity index (χ3v) is 6.37. The van der Waals surface area contributed by atoms with E-state index in [1.807, 2.05) is 31.3 Å². The molecule has 2 heterocycles. The molecule has 2 aromatic rings. The molecular formula is C25H34N5O+. The Kier molecular flexibility index (Phi) is 7.13. The number of hydrogen-bond donors (Lipinski definition) is 2. The molecule has 1 fully saturated rings. The van der Waals surface area contributed by atoms with Gasteiger partial charge in [0.1, 0.15) is 5.82 Å². The molecule has 1 aliphatic carbocycles. The Morgan fingerprint density at radius 2 is 2.00 bits per heavy atom. The van der Waals surface area contributed by atoms with Crippen molar-refractivity contribution in [3.8, 4) is 0 Å². The van der Waals surface area contributed by atoms with E-state index in [-0.39, 0.29) is 6.10 Å². The second-order valence-corrected chi connectivity index (χ2v) is 8.55. The fraction of sp³-hybridized carbons (Fsp3) is 0.520. The van der Waals surface area contributed by atoms with Crippen LogP contribution in [0.25, 0.3) is 10.9 Å². The lowest BCUT2D eigenvalue weighted by Gasteiger charge is -2.32. The summed E-state index contributed by atoms with van der Waals surface area (Å²) < 4.78 is 10.5. The van der Waals surface area contributed by atoms with Crippen LogP contribution in [0.1, 0.15) is 57.9 Å². The number of para-hydroxylation sites is 1. The van der Waals surface area contributed by atoms with Gasteiger partial charge in [0.15, 0.2) is 0 Å². The zero-order valence-electron chi connectivity index (χ0n) is 18.9. The average Bonchev–Trinajstić information content (AvgIpc) is 3.24. The number of methoxy groups -OCH3 is 1. The van der Waals surface area contributed by atoms with Crippen LogP contribution >= 0.6 is 0 Å². The van der Waals surface area contributed by atoms with Crippen LogP contribution in [0.2, 0.25) is 0 Å². The van der Waals surface area contributed by atoms with E-state index in [2.05, 4.69) is 39.4 Å². The van der Waals surface area contributed by atoms with Gasteiger partial charge in [-0.1, -0.05) is 44.4 Å². The fourth-order valence-corrected chi connectivity index (χ4v) is 4.61. The number of nitrogens with one attached hydrogen (secondary N) is 2. The highest BCUT2D eigenvalue weighted by molar-refractivity contribution is 6.43. The third kappa shape index (κ3) is 5.21.